The Hall–Kier alpha value is -2.70. The van der Waals surface area contributed by atoms with Crippen LogP contribution in [0, 0.1) is 13.8 Å². The maximum absolute atomic E-state index is 13.2. The number of thiophene rings is 1. The van der Waals surface area contributed by atoms with Crippen molar-refractivity contribution in [2.45, 2.75) is 27.3 Å². The molecule has 5 nitrogen and oxygen atoms in total. The highest BCUT2D eigenvalue weighted by molar-refractivity contribution is 7.13. The van der Waals surface area contributed by atoms with Gasteiger partial charge in [-0.25, -0.2) is 9.67 Å². The van der Waals surface area contributed by atoms with E-state index in [0.29, 0.717) is 28.5 Å². The minimum absolute atomic E-state index is 0.227. The number of benzene rings is 1. The summed E-state index contributed by atoms with van der Waals surface area (Å²) in [6.07, 6.45) is 1.70. The van der Waals surface area contributed by atoms with E-state index < -0.39 is 0 Å². The first-order valence-corrected chi connectivity index (χ1v) is 10.2. The molecule has 0 saturated heterocycles. The Morgan fingerprint density at radius 2 is 2.11 bits per heavy atom. The Kier molecular flexibility index (Phi) is 4.91. The molecule has 1 aromatic carbocycles. The molecule has 1 N–H and O–H groups in total. The van der Waals surface area contributed by atoms with Crippen LogP contribution in [0.15, 0.2) is 41.9 Å². The number of nitrogens with zero attached hydrogens (tertiary/aromatic N) is 3. The number of hydrogen-bond donors (Lipinski definition) is 1. The van der Waals surface area contributed by atoms with Crippen LogP contribution in [0.25, 0.3) is 21.6 Å². The lowest BCUT2D eigenvalue weighted by atomic mass is 10.1. The second-order valence-corrected chi connectivity index (χ2v) is 7.98. The van der Waals surface area contributed by atoms with Gasteiger partial charge in [0.2, 0.25) is 0 Å². The van der Waals surface area contributed by atoms with Crippen molar-refractivity contribution >= 4 is 45.6 Å². The molecule has 0 fully saturated rings. The summed E-state index contributed by atoms with van der Waals surface area (Å²) >= 11 is 7.97. The molecular formula is C21H19ClN4OS. The first-order valence-electron chi connectivity index (χ1n) is 8.96. The van der Waals surface area contributed by atoms with Gasteiger partial charge in [0.25, 0.3) is 5.91 Å². The number of aryl methyl sites for hydroxylation is 3. The Balaban J connectivity index is 1.83. The fraction of sp³-hybridized carbons (Fsp3) is 0.190. The summed E-state index contributed by atoms with van der Waals surface area (Å²) in [5.41, 5.74) is 4.59. The van der Waals surface area contributed by atoms with Crippen LogP contribution in [0.3, 0.4) is 0 Å². The molecular weight excluding hydrogens is 392 g/mol. The van der Waals surface area contributed by atoms with E-state index in [-0.39, 0.29) is 5.91 Å². The average Bonchev–Trinajstić information content (AvgIpc) is 3.33. The molecule has 7 heteroatoms. The molecule has 0 radical (unpaired) electrons. The van der Waals surface area contributed by atoms with Crippen molar-refractivity contribution in [2.75, 3.05) is 5.32 Å². The molecule has 4 rings (SSSR count). The zero-order chi connectivity index (χ0) is 19.8. The van der Waals surface area contributed by atoms with Crippen molar-refractivity contribution < 1.29 is 4.79 Å². The van der Waals surface area contributed by atoms with E-state index in [1.165, 1.54) is 0 Å². The zero-order valence-electron chi connectivity index (χ0n) is 15.8. The van der Waals surface area contributed by atoms with Gasteiger partial charge in [0.05, 0.1) is 38.4 Å². The maximum atomic E-state index is 13.2. The van der Waals surface area contributed by atoms with Gasteiger partial charge in [0, 0.05) is 6.54 Å². The number of carbonyl (C=O) groups excluding carboxylic acids is 1. The Bertz CT molecular complexity index is 1160. The number of rotatable bonds is 4. The molecule has 0 unspecified atom stereocenters. The van der Waals surface area contributed by atoms with Crippen LogP contribution in [-0.4, -0.2) is 20.7 Å². The van der Waals surface area contributed by atoms with Gasteiger partial charge in [-0.05, 0) is 55.5 Å². The molecule has 0 bridgehead atoms. The second kappa shape index (κ2) is 7.37. The van der Waals surface area contributed by atoms with Gasteiger partial charge < -0.3 is 5.32 Å². The van der Waals surface area contributed by atoms with Gasteiger partial charge >= 0.3 is 0 Å². The minimum atomic E-state index is -0.227. The van der Waals surface area contributed by atoms with Crippen molar-refractivity contribution in [3.8, 4) is 10.6 Å². The molecule has 0 saturated carbocycles. The number of carbonyl (C=O) groups is 1. The molecule has 28 heavy (non-hydrogen) atoms. The lowest BCUT2D eigenvalue weighted by Gasteiger charge is -2.13. The monoisotopic (exact) mass is 410 g/mol. The second-order valence-electron chi connectivity index (χ2n) is 6.62. The lowest BCUT2D eigenvalue weighted by molar-refractivity contribution is 0.102. The number of nitrogens with one attached hydrogen (secondary N) is 1. The average molecular weight is 411 g/mol. The molecule has 142 valence electrons. The largest absolute Gasteiger partial charge is 0.320 e. The van der Waals surface area contributed by atoms with Gasteiger partial charge in [-0.3, -0.25) is 4.79 Å². The normalized spacial score (nSPS) is 11.1. The molecule has 4 aromatic rings. The van der Waals surface area contributed by atoms with Gasteiger partial charge in [-0.15, -0.1) is 11.3 Å². The number of hydrogen-bond acceptors (Lipinski definition) is 4. The smallest absolute Gasteiger partial charge is 0.256 e. The quantitative estimate of drug-likeness (QED) is 0.469. The van der Waals surface area contributed by atoms with Gasteiger partial charge in [0.1, 0.15) is 0 Å². The summed E-state index contributed by atoms with van der Waals surface area (Å²) in [4.78, 5) is 19.0. The number of halogens is 1. The molecule has 0 aliphatic carbocycles. The van der Waals surface area contributed by atoms with Crippen LogP contribution < -0.4 is 5.32 Å². The van der Waals surface area contributed by atoms with Gasteiger partial charge in [0.15, 0.2) is 5.65 Å². The van der Waals surface area contributed by atoms with Gasteiger partial charge in [-0.1, -0.05) is 23.7 Å². The van der Waals surface area contributed by atoms with Crippen LogP contribution in [0.4, 0.5) is 5.69 Å². The highest BCUT2D eigenvalue weighted by Gasteiger charge is 2.19. The van der Waals surface area contributed by atoms with E-state index in [0.717, 1.165) is 27.1 Å². The third kappa shape index (κ3) is 3.30. The van der Waals surface area contributed by atoms with Crippen molar-refractivity contribution in [1.29, 1.82) is 0 Å². The first kappa shape index (κ1) is 18.7. The summed E-state index contributed by atoms with van der Waals surface area (Å²) in [5.74, 6) is -0.227. The number of fused-ring (bicyclic) bond motifs is 1. The van der Waals surface area contributed by atoms with Crippen LogP contribution in [-0.2, 0) is 6.54 Å². The summed E-state index contributed by atoms with van der Waals surface area (Å²) in [6, 6.07) is 9.63. The topological polar surface area (TPSA) is 59.8 Å². The maximum Gasteiger partial charge on any atom is 0.256 e. The van der Waals surface area contributed by atoms with Crippen LogP contribution in [0.1, 0.15) is 28.4 Å². The molecule has 0 spiro atoms. The number of pyridine rings is 1. The fourth-order valence-electron chi connectivity index (χ4n) is 3.27. The highest BCUT2D eigenvalue weighted by atomic mass is 35.5. The SMILES string of the molecule is CCn1ncc2c(C(=O)Nc3c(C)cc(C)cc3Cl)cc(-c3cccs3)nc21. The third-order valence-electron chi connectivity index (χ3n) is 4.60. The van der Waals surface area contributed by atoms with E-state index in [1.54, 1.807) is 22.2 Å². The van der Waals surface area contributed by atoms with E-state index in [2.05, 4.69) is 10.4 Å². The van der Waals surface area contributed by atoms with Gasteiger partial charge in [-0.2, -0.15) is 5.10 Å². The molecule has 1 amide bonds. The molecule has 3 aromatic heterocycles. The minimum Gasteiger partial charge on any atom is -0.320 e. The van der Waals surface area contributed by atoms with Crippen LogP contribution in [0.5, 0.6) is 0 Å². The summed E-state index contributed by atoms with van der Waals surface area (Å²) in [5, 5.41) is 10.6. The first-order chi connectivity index (χ1) is 13.5. The molecule has 0 aliphatic heterocycles. The van der Waals surface area contributed by atoms with E-state index in [4.69, 9.17) is 16.6 Å². The zero-order valence-corrected chi connectivity index (χ0v) is 17.4. The van der Waals surface area contributed by atoms with Crippen LogP contribution in [0.2, 0.25) is 5.02 Å². The Morgan fingerprint density at radius 1 is 1.29 bits per heavy atom. The number of anilines is 1. The van der Waals surface area contributed by atoms with Crippen LogP contribution >= 0.6 is 22.9 Å². The number of amides is 1. The molecule has 0 aliphatic rings. The van der Waals surface area contributed by atoms with Crippen molar-refractivity contribution in [1.82, 2.24) is 14.8 Å². The molecule has 0 atom stereocenters. The standard InChI is InChI=1S/C21H19ClN4OS/c1-4-26-20-15(11-23-26)14(10-17(24-20)18-6-5-7-28-18)21(27)25-19-13(3)8-12(2)9-16(19)22/h5-11H,4H2,1-3H3,(H,25,27). The number of aromatic nitrogens is 3. The van der Waals surface area contributed by atoms with Crippen molar-refractivity contribution in [3.63, 3.8) is 0 Å². The van der Waals surface area contributed by atoms with E-state index in [1.807, 2.05) is 56.5 Å². The van der Waals surface area contributed by atoms with E-state index >= 15 is 0 Å². The predicted molar refractivity (Wildman–Crippen MR) is 115 cm³/mol. The summed E-state index contributed by atoms with van der Waals surface area (Å²) in [7, 11) is 0. The fourth-order valence-corrected chi connectivity index (χ4v) is 4.33. The predicted octanol–water partition coefficient (Wildman–Crippen LogP) is 5.70. The van der Waals surface area contributed by atoms with E-state index in [9.17, 15) is 4.79 Å². The Labute approximate surface area is 172 Å². The van der Waals surface area contributed by atoms with Crippen molar-refractivity contribution in [2.24, 2.45) is 0 Å². The molecule has 3 heterocycles. The van der Waals surface area contributed by atoms with Crippen molar-refractivity contribution in [3.05, 3.63) is 63.6 Å². The Morgan fingerprint density at radius 3 is 2.79 bits per heavy atom. The lowest BCUT2D eigenvalue weighted by Crippen LogP contribution is -2.14. The third-order valence-corrected chi connectivity index (χ3v) is 5.79. The summed E-state index contributed by atoms with van der Waals surface area (Å²) in [6.45, 7) is 6.58. The summed E-state index contributed by atoms with van der Waals surface area (Å²) < 4.78 is 1.80. The highest BCUT2D eigenvalue weighted by Crippen LogP contribution is 2.31.